The van der Waals surface area contributed by atoms with Crippen LogP contribution in [-0.4, -0.2) is 40.3 Å². The molecular weight excluding hydrogens is 430 g/mol. The number of benzene rings is 2. The maximum atomic E-state index is 14.7. The summed E-state index contributed by atoms with van der Waals surface area (Å²) in [6, 6.07) is 14.6. The van der Waals surface area contributed by atoms with Gasteiger partial charge in [-0.2, -0.15) is 0 Å². The van der Waals surface area contributed by atoms with Crippen molar-refractivity contribution in [3.05, 3.63) is 65.2 Å². The minimum atomic E-state index is -2.87. The maximum absolute atomic E-state index is 14.7. The van der Waals surface area contributed by atoms with Gasteiger partial charge in [0.1, 0.15) is 5.82 Å². The molecule has 0 bridgehead atoms. The molecule has 0 aliphatic carbocycles. The van der Waals surface area contributed by atoms with Crippen LogP contribution in [0.15, 0.2) is 48.5 Å². The van der Waals surface area contributed by atoms with Crippen molar-refractivity contribution < 1.29 is 13.0 Å². The average Bonchev–Trinajstić information content (AvgIpc) is 2.90. The highest BCUT2D eigenvalue weighted by Crippen LogP contribution is 2.39. The van der Waals surface area contributed by atoms with Gasteiger partial charge in [0.05, 0.1) is 5.52 Å². The smallest absolute Gasteiger partial charge is 0.275 e. The van der Waals surface area contributed by atoms with Crippen LogP contribution in [-0.2, 0) is 23.3 Å². The van der Waals surface area contributed by atoms with Gasteiger partial charge < -0.3 is 16.0 Å². The van der Waals surface area contributed by atoms with Crippen molar-refractivity contribution in [1.29, 1.82) is 0 Å². The van der Waals surface area contributed by atoms with Crippen molar-refractivity contribution in [2.45, 2.75) is 25.8 Å². The van der Waals surface area contributed by atoms with E-state index < -0.39 is 16.7 Å². The Hall–Kier alpha value is -2.58. The zero-order valence-electron chi connectivity index (χ0n) is 18.1. The molecule has 1 aromatic heterocycles. The molecule has 4 rings (SSSR count). The van der Waals surface area contributed by atoms with E-state index in [9.17, 15) is 13.0 Å². The van der Waals surface area contributed by atoms with Gasteiger partial charge in [0.15, 0.2) is 0 Å². The summed E-state index contributed by atoms with van der Waals surface area (Å²) in [4.78, 5) is 6.71. The van der Waals surface area contributed by atoms with Crippen LogP contribution in [0.5, 0.6) is 0 Å². The van der Waals surface area contributed by atoms with Gasteiger partial charge in [0, 0.05) is 77.6 Å². The van der Waals surface area contributed by atoms with Gasteiger partial charge in [0.25, 0.3) is 5.92 Å². The van der Waals surface area contributed by atoms with Crippen molar-refractivity contribution in [2.24, 2.45) is 5.73 Å². The van der Waals surface area contributed by atoms with Crippen molar-refractivity contribution in [3.63, 3.8) is 0 Å². The molecule has 3 N–H and O–H groups in total. The molecule has 0 amide bonds. The Labute approximate surface area is 189 Å². The number of pyridine rings is 1. The van der Waals surface area contributed by atoms with E-state index in [-0.39, 0.29) is 18.5 Å². The van der Waals surface area contributed by atoms with Crippen molar-refractivity contribution in [3.8, 4) is 0 Å². The number of halogens is 2. The SMILES string of the molecule is Cc1ccc2nc(N3CCC(F)(F)c4ccccc4C3)cc(NCCS(=O)CCN)c2c1. The van der Waals surface area contributed by atoms with Gasteiger partial charge in [-0.25, -0.2) is 13.8 Å². The number of anilines is 2. The van der Waals surface area contributed by atoms with Gasteiger partial charge in [0.2, 0.25) is 0 Å². The van der Waals surface area contributed by atoms with Gasteiger partial charge >= 0.3 is 0 Å². The number of nitrogens with zero attached hydrogens (tertiary/aromatic N) is 2. The van der Waals surface area contributed by atoms with Crippen LogP contribution >= 0.6 is 0 Å². The van der Waals surface area contributed by atoms with Crippen LogP contribution in [0.1, 0.15) is 23.1 Å². The molecule has 5 nitrogen and oxygen atoms in total. The quantitative estimate of drug-likeness (QED) is 0.556. The van der Waals surface area contributed by atoms with Gasteiger partial charge in [-0.3, -0.25) is 4.21 Å². The highest BCUT2D eigenvalue weighted by Gasteiger charge is 2.37. The first kappa shape index (κ1) is 22.6. The molecule has 1 aliphatic heterocycles. The summed E-state index contributed by atoms with van der Waals surface area (Å²) >= 11 is 0. The number of alkyl halides is 2. The number of hydrogen-bond acceptors (Lipinski definition) is 5. The van der Waals surface area contributed by atoms with Gasteiger partial charge in [-0.1, -0.05) is 35.9 Å². The van der Waals surface area contributed by atoms with E-state index in [2.05, 4.69) is 11.4 Å². The lowest BCUT2D eigenvalue weighted by Gasteiger charge is -2.24. The fraction of sp³-hybridized carbons (Fsp3) is 0.375. The molecule has 1 aliphatic rings. The Morgan fingerprint density at radius 3 is 2.81 bits per heavy atom. The highest BCUT2D eigenvalue weighted by atomic mass is 32.2. The Morgan fingerprint density at radius 2 is 2.00 bits per heavy atom. The van der Waals surface area contributed by atoms with E-state index in [1.54, 1.807) is 18.2 Å². The first-order valence-electron chi connectivity index (χ1n) is 10.8. The third kappa shape index (κ3) is 4.91. The van der Waals surface area contributed by atoms with E-state index in [1.807, 2.05) is 30.0 Å². The summed E-state index contributed by atoms with van der Waals surface area (Å²) in [7, 11) is -0.974. The first-order valence-corrected chi connectivity index (χ1v) is 12.3. The van der Waals surface area contributed by atoms with Crippen LogP contribution in [0.2, 0.25) is 0 Å². The summed E-state index contributed by atoms with van der Waals surface area (Å²) in [5.41, 5.74) is 8.97. The summed E-state index contributed by atoms with van der Waals surface area (Å²) < 4.78 is 41.4. The third-order valence-electron chi connectivity index (χ3n) is 5.73. The number of hydrogen-bond donors (Lipinski definition) is 2. The molecule has 32 heavy (non-hydrogen) atoms. The summed E-state index contributed by atoms with van der Waals surface area (Å²) in [6.07, 6.45) is -0.265. The molecule has 8 heteroatoms. The van der Waals surface area contributed by atoms with Crippen molar-refractivity contribution in [1.82, 2.24) is 4.98 Å². The molecule has 1 atom stereocenters. The Kier molecular flexibility index (Phi) is 6.71. The predicted octanol–water partition coefficient (Wildman–Crippen LogP) is 4.16. The molecular formula is C24H28F2N4OS. The van der Waals surface area contributed by atoms with Crippen LogP contribution in [0.3, 0.4) is 0 Å². The van der Waals surface area contributed by atoms with E-state index in [0.29, 0.717) is 42.5 Å². The normalized spacial score (nSPS) is 16.4. The topological polar surface area (TPSA) is 71.2 Å². The Bertz CT molecular complexity index is 1140. The predicted molar refractivity (Wildman–Crippen MR) is 128 cm³/mol. The summed E-state index contributed by atoms with van der Waals surface area (Å²) in [5.74, 6) is -1.25. The van der Waals surface area contributed by atoms with Crippen LogP contribution in [0.25, 0.3) is 10.9 Å². The zero-order valence-corrected chi connectivity index (χ0v) is 18.9. The molecule has 2 aromatic carbocycles. The van der Waals surface area contributed by atoms with Crippen LogP contribution < -0.4 is 16.0 Å². The maximum Gasteiger partial charge on any atom is 0.275 e. The van der Waals surface area contributed by atoms with Crippen LogP contribution in [0, 0.1) is 6.92 Å². The van der Waals surface area contributed by atoms with Gasteiger partial charge in [-0.15, -0.1) is 0 Å². The number of aromatic nitrogens is 1. The molecule has 1 unspecified atom stereocenters. The van der Waals surface area contributed by atoms with Gasteiger partial charge in [-0.05, 0) is 24.6 Å². The minimum Gasteiger partial charge on any atom is -0.383 e. The second-order valence-electron chi connectivity index (χ2n) is 8.15. The lowest BCUT2D eigenvalue weighted by atomic mass is 10.0. The first-order chi connectivity index (χ1) is 15.4. The molecule has 3 aromatic rings. The van der Waals surface area contributed by atoms with E-state index >= 15 is 0 Å². The second-order valence-corrected chi connectivity index (χ2v) is 9.84. The Balaban J connectivity index is 1.67. The number of rotatable bonds is 7. The fourth-order valence-corrected chi connectivity index (χ4v) is 4.87. The third-order valence-corrected chi connectivity index (χ3v) is 7.08. The number of nitrogens with one attached hydrogen (secondary N) is 1. The van der Waals surface area contributed by atoms with Crippen molar-refractivity contribution >= 4 is 33.2 Å². The number of nitrogens with two attached hydrogens (primary N) is 1. The van der Waals surface area contributed by atoms with E-state index in [0.717, 1.165) is 22.2 Å². The molecule has 2 heterocycles. The highest BCUT2D eigenvalue weighted by molar-refractivity contribution is 7.85. The monoisotopic (exact) mass is 458 g/mol. The lowest BCUT2D eigenvalue weighted by molar-refractivity contribution is -0.00967. The number of aryl methyl sites for hydroxylation is 1. The van der Waals surface area contributed by atoms with E-state index in [1.165, 1.54) is 6.07 Å². The molecule has 0 saturated heterocycles. The second kappa shape index (κ2) is 9.50. The Morgan fingerprint density at radius 1 is 1.19 bits per heavy atom. The molecule has 0 radical (unpaired) electrons. The number of fused-ring (bicyclic) bond motifs is 2. The molecule has 0 saturated carbocycles. The fourth-order valence-electron chi connectivity index (χ4n) is 4.07. The van der Waals surface area contributed by atoms with Crippen LogP contribution in [0.4, 0.5) is 20.3 Å². The molecule has 0 spiro atoms. The summed E-state index contributed by atoms with van der Waals surface area (Å²) in [5, 5.41) is 4.34. The summed E-state index contributed by atoms with van der Waals surface area (Å²) in [6.45, 7) is 3.51. The average molecular weight is 459 g/mol. The lowest BCUT2D eigenvalue weighted by Crippen LogP contribution is -2.25. The largest absolute Gasteiger partial charge is 0.383 e. The molecule has 0 fully saturated rings. The van der Waals surface area contributed by atoms with E-state index in [4.69, 9.17) is 10.7 Å². The van der Waals surface area contributed by atoms with Crippen molar-refractivity contribution in [2.75, 3.05) is 41.4 Å². The zero-order chi connectivity index (χ0) is 22.7. The standard InChI is InChI=1S/C24H28F2N4OS/c1-17-6-7-21-19(14-17)22(28-10-13-32(31)12-9-27)15-23(29-21)30-11-8-24(25,26)20-5-3-2-4-18(20)16-30/h2-7,14-15H,8-13,16,27H2,1H3,(H,28,29). The minimum absolute atomic E-state index is 0.0969. The molecule has 170 valence electrons.